The molecule has 0 aliphatic carbocycles. The molecule has 25 heavy (non-hydrogen) atoms. The minimum absolute atomic E-state index is 0.0607. The van der Waals surface area contributed by atoms with Crippen molar-refractivity contribution >= 4 is 29.2 Å². The van der Waals surface area contributed by atoms with Gasteiger partial charge in [0.05, 0.1) is 28.7 Å². The number of para-hydroxylation sites is 1. The van der Waals surface area contributed by atoms with Crippen LogP contribution in [0, 0.1) is 10.1 Å². The lowest BCUT2D eigenvalue weighted by Crippen LogP contribution is -2.35. The first-order chi connectivity index (χ1) is 11.9. The van der Waals surface area contributed by atoms with E-state index in [0.717, 1.165) is 17.0 Å². The molecule has 9 heteroatoms. The van der Waals surface area contributed by atoms with E-state index in [1.807, 2.05) is 0 Å². The number of carbonyl (C=O) groups is 3. The Morgan fingerprint density at radius 1 is 1.08 bits per heavy atom. The van der Waals surface area contributed by atoms with E-state index in [2.05, 4.69) is 5.32 Å². The molecule has 1 heterocycles. The molecule has 0 radical (unpaired) electrons. The molecule has 3 rings (SSSR count). The Hall–Kier alpha value is -3.75. The largest absolute Gasteiger partial charge is 0.545 e. The number of anilines is 1. The van der Waals surface area contributed by atoms with E-state index in [4.69, 9.17) is 0 Å². The van der Waals surface area contributed by atoms with Gasteiger partial charge in [-0.05, 0) is 12.1 Å². The average Bonchev–Trinajstić information content (AvgIpc) is 2.83. The summed E-state index contributed by atoms with van der Waals surface area (Å²) in [5, 5.41) is 24.6. The monoisotopic (exact) mass is 340 g/mol. The number of carboxylic acid groups (broad SMARTS) is 1. The van der Waals surface area contributed by atoms with Gasteiger partial charge >= 0.3 is 0 Å². The molecule has 9 nitrogen and oxygen atoms in total. The second-order valence-corrected chi connectivity index (χ2v) is 5.19. The van der Waals surface area contributed by atoms with Crippen LogP contribution in [0.25, 0.3) is 0 Å². The molecule has 126 valence electrons. The van der Waals surface area contributed by atoms with Crippen LogP contribution in [-0.4, -0.2) is 34.3 Å². The van der Waals surface area contributed by atoms with Gasteiger partial charge in [0.25, 0.3) is 17.5 Å². The summed E-state index contributed by atoms with van der Waals surface area (Å²) in [6.45, 7) is -0.287. The number of hydrogen-bond acceptors (Lipinski definition) is 7. The molecule has 0 spiro atoms. The molecule has 0 saturated heterocycles. The van der Waals surface area contributed by atoms with Gasteiger partial charge in [-0.15, -0.1) is 0 Å². The zero-order chi connectivity index (χ0) is 18.1. The molecular formula is C16H10N3O6-. The summed E-state index contributed by atoms with van der Waals surface area (Å²) in [4.78, 5) is 46.7. The average molecular weight is 340 g/mol. The third-order valence-electron chi connectivity index (χ3n) is 3.74. The minimum atomic E-state index is -1.40. The summed E-state index contributed by atoms with van der Waals surface area (Å²) in [7, 11) is 0. The number of nitrogens with zero attached hydrogens (tertiary/aromatic N) is 2. The van der Waals surface area contributed by atoms with Gasteiger partial charge in [0.1, 0.15) is 0 Å². The zero-order valence-electron chi connectivity index (χ0n) is 12.6. The van der Waals surface area contributed by atoms with Crippen molar-refractivity contribution in [1.82, 2.24) is 4.90 Å². The van der Waals surface area contributed by atoms with Crippen LogP contribution in [0.3, 0.4) is 0 Å². The summed E-state index contributed by atoms with van der Waals surface area (Å²) in [5.74, 6) is -2.71. The standard InChI is InChI=1S/C16H11N3O6/c20-14-10-6-5-9(19(24)25)7-12(10)15(21)18(14)8-17-13-4-2-1-3-11(13)16(22)23/h1-7,17H,8H2,(H,22,23)/p-1. The van der Waals surface area contributed by atoms with Gasteiger partial charge < -0.3 is 15.2 Å². The SMILES string of the molecule is O=C([O-])c1ccccc1NCN1C(=O)c2ccc([N+](=O)[O-])cc2C1=O. The smallest absolute Gasteiger partial charge is 0.270 e. The Morgan fingerprint density at radius 2 is 1.76 bits per heavy atom. The number of rotatable bonds is 5. The van der Waals surface area contributed by atoms with Gasteiger partial charge in [0.2, 0.25) is 0 Å². The normalized spacial score (nSPS) is 12.9. The highest BCUT2D eigenvalue weighted by Crippen LogP contribution is 2.27. The second-order valence-electron chi connectivity index (χ2n) is 5.19. The molecule has 1 aliphatic heterocycles. The van der Waals surface area contributed by atoms with Crippen molar-refractivity contribution in [1.29, 1.82) is 0 Å². The predicted octanol–water partition coefficient (Wildman–Crippen LogP) is 0.624. The Labute approximate surface area is 140 Å². The van der Waals surface area contributed by atoms with Crippen molar-refractivity contribution in [2.24, 2.45) is 0 Å². The molecule has 1 aliphatic rings. The lowest BCUT2D eigenvalue weighted by molar-refractivity contribution is -0.384. The Morgan fingerprint density at radius 3 is 2.44 bits per heavy atom. The summed E-state index contributed by atoms with van der Waals surface area (Å²) >= 11 is 0. The van der Waals surface area contributed by atoms with Gasteiger partial charge in [0.15, 0.2) is 0 Å². The predicted molar refractivity (Wildman–Crippen MR) is 82.9 cm³/mol. The molecule has 0 unspecified atom stereocenters. The molecule has 1 N–H and O–H groups in total. The number of nitro groups is 1. The Bertz CT molecular complexity index is 924. The highest BCUT2D eigenvalue weighted by atomic mass is 16.6. The fourth-order valence-corrected chi connectivity index (χ4v) is 2.52. The van der Waals surface area contributed by atoms with E-state index >= 15 is 0 Å². The maximum absolute atomic E-state index is 12.3. The number of carbonyl (C=O) groups excluding carboxylic acids is 3. The first-order valence-corrected chi connectivity index (χ1v) is 7.09. The van der Waals surface area contributed by atoms with E-state index in [-0.39, 0.29) is 34.7 Å². The van der Waals surface area contributed by atoms with Gasteiger partial charge in [-0.3, -0.25) is 24.6 Å². The van der Waals surface area contributed by atoms with Crippen LogP contribution in [0.4, 0.5) is 11.4 Å². The van der Waals surface area contributed by atoms with Crippen molar-refractivity contribution in [3.05, 3.63) is 69.3 Å². The van der Waals surface area contributed by atoms with Crippen molar-refractivity contribution in [2.75, 3.05) is 12.0 Å². The maximum Gasteiger partial charge on any atom is 0.270 e. The van der Waals surface area contributed by atoms with Gasteiger partial charge in [0, 0.05) is 23.4 Å². The molecule has 0 bridgehead atoms. The minimum Gasteiger partial charge on any atom is -0.545 e. The van der Waals surface area contributed by atoms with Crippen molar-refractivity contribution in [3.63, 3.8) is 0 Å². The van der Waals surface area contributed by atoms with Crippen LogP contribution in [0.15, 0.2) is 42.5 Å². The van der Waals surface area contributed by atoms with Crippen molar-refractivity contribution in [2.45, 2.75) is 0 Å². The molecule has 0 aromatic heterocycles. The number of aromatic carboxylic acids is 1. The summed E-state index contributed by atoms with van der Waals surface area (Å²) < 4.78 is 0. The lowest BCUT2D eigenvalue weighted by Gasteiger charge is -2.18. The maximum atomic E-state index is 12.3. The molecule has 2 aromatic carbocycles. The number of hydrogen-bond donors (Lipinski definition) is 1. The number of carboxylic acids is 1. The van der Waals surface area contributed by atoms with Crippen LogP contribution in [-0.2, 0) is 0 Å². The van der Waals surface area contributed by atoms with E-state index in [1.54, 1.807) is 6.07 Å². The summed E-state index contributed by atoms with van der Waals surface area (Å²) in [5.41, 5.74) is -0.225. The highest BCUT2D eigenvalue weighted by Gasteiger charge is 2.36. The number of imide groups is 1. The zero-order valence-corrected chi connectivity index (χ0v) is 12.6. The van der Waals surface area contributed by atoms with Crippen LogP contribution < -0.4 is 10.4 Å². The fraction of sp³-hybridized carbons (Fsp3) is 0.0625. The summed E-state index contributed by atoms with van der Waals surface area (Å²) in [6.07, 6.45) is 0. The third kappa shape index (κ3) is 2.78. The number of amides is 2. The van der Waals surface area contributed by atoms with Crippen molar-refractivity contribution in [3.8, 4) is 0 Å². The first kappa shape index (κ1) is 16.1. The molecular weight excluding hydrogens is 330 g/mol. The highest BCUT2D eigenvalue weighted by molar-refractivity contribution is 6.21. The van der Waals surface area contributed by atoms with Crippen LogP contribution in [0.1, 0.15) is 31.1 Å². The van der Waals surface area contributed by atoms with Crippen molar-refractivity contribution < 1.29 is 24.4 Å². The second kappa shape index (κ2) is 6.04. The van der Waals surface area contributed by atoms with E-state index < -0.39 is 22.7 Å². The summed E-state index contributed by atoms with van der Waals surface area (Å²) in [6, 6.07) is 9.30. The number of nitro benzene ring substituents is 1. The third-order valence-corrected chi connectivity index (χ3v) is 3.74. The topological polar surface area (TPSA) is 133 Å². The number of non-ortho nitro benzene ring substituents is 1. The molecule has 2 aromatic rings. The van der Waals surface area contributed by atoms with Gasteiger partial charge in [-0.25, -0.2) is 0 Å². The molecule has 2 amide bonds. The lowest BCUT2D eigenvalue weighted by atomic mass is 10.1. The molecule has 0 saturated carbocycles. The van der Waals surface area contributed by atoms with Gasteiger partial charge in [-0.2, -0.15) is 0 Å². The molecule has 0 atom stereocenters. The van der Waals surface area contributed by atoms with Gasteiger partial charge in [-0.1, -0.05) is 18.2 Å². The van der Waals surface area contributed by atoms with Crippen LogP contribution in [0.2, 0.25) is 0 Å². The fourth-order valence-electron chi connectivity index (χ4n) is 2.52. The first-order valence-electron chi connectivity index (χ1n) is 7.09. The van der Waals surface area contributed by atoms with E-state index in [0.29, 0.717) is 0 Å². The van der Waals surface area contributed by atoms with E-state index in [9.17, 15) is 29.6 Å². The number of nitrogens with one attached hydrogen (secondary N) is 1. The molecule has 0 fully saturated rings. The van der Waals surface area contributed by atoms with Crippen LogP contribution in [0.5, 0.6) is 0 Å². The Kier molecular flexibility index (Phi) is 3.89. The number of fused-ring (bicyclic) bond motifs is 1. The Balaban J connectivity index is 1.83. The quantitative estimate of drug-likeness (QED) is 0.479. The number of benzene rings is 2. The van der Waals surface area contributed by atoms with E-state index in [1.165, 1.54) is 24.3 Å². The van der Waals surface area contributed by atoms with Crippen LogP contribution >= 0.6 is 0 Å².